The third-order valence-electron chi connectivity index (χ3n) is 3.34. The number of aromatic nitrogens is 2. The maximum Gasteiger partial charge on any atom is 0.223 e. The highest BCUT2D eigenvalue weighted by atomic mass is 32.1. The van der Waals surface area contributed by atoms with Crippen molar-refractivity contribution in [2.75, 3.05) is 30.8 Å². The number of rotatable bonds is 7. The Morgan fingerprint density at radius 3 is 3.10 bits per heavy atom. The van der Waals surface area contributed by atoms with Crippen LogP contribution in [0.1, 0.15) is 24.1 Å². The van der Waals surface area contributed by atoms with Gasteiger partial charge in [-0.3, -0.25) is 0 Å². The Morgan fingerprint density at radius 1 is 1.45 bits per heavy atom. The summed E-state index contributed by atoms with van der Waals surface area (Å²) in [6, 6.07) is 2.10. The molecule has 0 bridgehead atoms. The molecular weight excluding hydrogens is 272 g/mol. The summed E-state index contributed by atoms with van der Waals surface area (Å²) in [5.74, 6) is 1.99. The van der Waals surface area contributed by atoms with Crippen molar-refractivity contribution >= 4 is 33.3 Å². The fraction of sp³-hybridized carbons (Fsp3) is 0.571. The molecule has 108 valence electrons. The maximum atomic E-state index is 5.75. The van der Waals surface area contributed by atoms with Gasteiger partial charge in [-0.05, 0) is 38.2 Å². The summed E-state index contributed by atoms with van der Waals surface area (Å²) in [4.78, 5) is 10.7. The van der Waals surface area contributed by atoms with Crippen LogP contribution in [0.2, 0.25) is 0 Å². The summed E-state index contributed by atoms with van der Waals surface area (Å²) >= 11 is 1.64. The first-order valence-electron chi connectivity index (χ1n) is 7.07. The summed E-state index contributed by atoms with van der Waals surface area (Å²) in [6.45, 7) is 4.63. The highest BCUT2D eigenvalue weighted by molar-refractivity contribution is 7.18. The fourth-order valence-corrected chi connectivity index (χ4v) is 3.00. The normalized spacial score (nSPS) is 14.8. The van der Waals surface area contributed by atoms with Crippen LogP contribution in [0.15, 0.2) is 6.07 Å². The number of fused-ring (bicyclic) bond motifs is 1. The molecule has 2 aromatic rings. The molecule has 1 fully saturated rings. The van der Waals surface area contributed by atoms with Gasteiger partial charge in [-0.15, -0.1) is 11.3 Å². The molecular formula is C14H20N4OS. The molecule has 0 aromatic carbocycles. The number of aryl methyl sites for hydroxylation is 1. The molecule has 0 spiro atoms. The number of nitrogens with zero attached hydrogens (tertiary/aromatic N) is 2. The molecule has 2 heterocycles. The highest BCUT2D eigenvalue weighted by Gasteiger charge is 2.20. The van der Waals surface area contributed by atoms with Crippen molar-refractivity contribution in [3.05, 3.63) is 10.9 Å². The Balaban J connectivity index is 1.53. The Hall–Kier alpha value is -1.40. The van der Waals surface area contributed by atoms with Gasteiger partial charge >= 0.3 is 0 Å². The van der Waals surface area contributed by atoms with Gasteiger partial charge in [-0.1, -0.05) is 0 Å². The number of anilines is 2. The van der Waals surface area contributed by atoms with Crippen LogP contribution < -0.4 is 11.1 Å². The summed E-state index contributed by atoms with van der Waals surface area (Å²) in [7, 11) is 0. The zero-order valence-corrected chi connectivity index (χ0v) is 12.5. The van der Waals surface area contributed by atoms with Crippen LogP contribution in [-0.2, 0) is 4.74 Å². The van der Waals surface area contributed by atoms with E-state index in [0.29, 0.717) is 5.95 Å². The van der Waals surface area contributed by atoms with Gasteiger partial charge in [-0.2, -0.15) is 4.98 Å². The minimum absolute atomic E-state index is 0.326. The molecule has 5 nitrogen and oxygen atoms in total. The lowest BCUT2D eigenvalue weighted by atomic mass is 10.3. The van der Waals surface area contributed by atoms with Crippen LogP contribution in [0.25, 0.3) is 10.2 Å². The smallest absolute Gasteiger partial charge is 0.223 e. The van der Waals surface area contributed by atoms with Crippen molar-refractivity contribution in [2.45, 2.75) is 26.2 Å². The molecule has 0 amide bonds. The predicted octanol–water partition coefficient (Wildman–Crippen LogP) is 2.81. The van der Waals surface area contributed by atoms with Crippen molar-refractivity contribution < 1.29 is 4.74 Å². The second kappa shape index (κ2) is 5.93. The number of nitrogens with two attached hydrogens (primary N) is 1. The number of ether oxygens (including phenoxy) is 1. The van der Waals surface area contributed by atoms with Crippen molar-refractivity contribution in [3.8, 4) is 0 Å². The van der Waals surface area contributed by atoms with E-state index in [-0.39, 0.29) is 0 Å². The second-order valence-corrected chi connectivity index (χ2v) is 6.54. The van der Waals surface area contributed by atoms with Gasteiger partial charge in [0.2, 0.25) is 5.95 Å². The van der Waals surface area contributed by atoms with E-state index in [1.807, 2.05) is 0 Å². The monoisotopic (exact) mass is 292 g/mol. The van der Waals surface area contributed by atoms with Crippen LogP contribution in [0.3, 0.4) is 0 Å². The van der Waals surface area contributed by atoms with E-state index in [9.17, 15) is 0 Å². The number of hydrogen-bond acceptors (Lipinski definition) is 6. The lowest BCUT2D eigenvalue weighted by Crippen LogP contribution is -2.09. The van der Waals surface area contributed by atoms with Crippen molar-refractivity contribution in [3.63, 3.8) is 0 Å². The van der Waals surface area contributed by atoms with Gasteiger partial charge < -0.3 is 15.8 Å². The Kier molecular flexibility index (Phi) is 4.03. The van der Waals surface area contributed by atoms with E-state index in [1.165, 1.54) is 17.7 Å². The summed E-state index contributed by atoms with van der Waals surface area (Å²) < 4.78 is 5.62. The molecule has 20 heavy (non-hydrogen) atoms. The highest BCUT2D eigenvalue weighted by Crippen LogP contribution is 2.29. The van der Waals surface area contributed by atoms with Gasteiger partial charge in [0.25, 0.3) is 0 Å². The van der Waals surface area contributed by atoms with Gasteiger partial charge in [0, 0.05) is 24.6 Å². The standard InChI is InChI=1S/C14H20N4OS/c1-9-7-11-12(17-14(15)18-13(11)20-9)16-5-2-6-19-8-10-3-4-10/h7,10H,2-6,8H2,1H3,(H3,15,16,17,18). The van der Waals surface area contributed by atoms with Gasteiger partial charge in [-0.25, -0.2) is 4.98 Å². The molecule has 0 radical (unpaired) electrons. The van der Waals surface area contributed by atoms with Crippen molar-refractivity contribution in [2.24, 2.45) is 5.92 Å². The molecule has 0 saturated heterocycles. The average Bonchev–Trinajstić information content (AvgIpc) is 3.14. The lowest BCUT2D eigenvalue weighted by Gasteiger charge is -2.07. The molecule has 6 heteroatoms. The largest absolute Gasteiger partial charge is 0.381 e. The molecule has 0 unspecified atom stereocenters. The summed E-state index contributed by atoms with van der Waals surface area (Å²) in [6.07, 6.45) is 3.66. The first-order chi connectivity index (χ1) is 9.72. The zero-order valence-electron chi connectivity index (χ0n) is 11.7. The second-order valence-electron chi connectivity index (χ2n) is 5.30. The minimum atomic E-state index is 0.326. The van der Waals surface area contributed by atoms with E-state index in [1.54, 1.807) is 11.3 Å². The first kappa shape index (κ1) is 13.6. The minimum Gasteiger partial charge on any atom is -0.381 e. The lowest BCUT2D eigenvalue weighted by molar-refractivity contribution is 0.124. The van der Waals surface area contributed by atoms with Crippen LogP contribution in [-0.4, -0.2) is 29.7 Å². The van der Waals surface area contributed by atoms with Crippen LogP contribution >= 0.6 is 11.3 Å². The number of nitrogen functional groups attached to an aromatic ring is 1. The van der Waals surface area contributed by atoms with E-state index >= 15 is 0 Å². The Labute approximate surface area is 122 Å². The van der Waals surface area contributed by atoms with E-state index in [4.69, 9.17) is 10.5 Å². The molecule has 3 N–H and O–H groups in total. The SMILES string of the molecule is Cc1cc2c(NCCCOCC3CC3)nc(N)nc2s1. The van der Waals surface area contributed by atoms with Crippen molar-refractivity contribution in [1.29, 1.82) is 0 Å². The molecule has 3 rings (SSSR count). The van der Waals surface area contributed by atoms with E-state index in [0.717, 1.165) is 48.1 Å². The van der Waals surface area contributed by atoms with Gasteiger partial charge in [0.05, 0.1) is 5.39 Å². The maximum absolute atomic E-state index is 5.75. The van der Waals surface area contributed by atoms with Crippen LogP contribution in [0.4, 0.5) is 11.8 Å². The average molecular weight is 292 g/mol. The quantitative estimate of drug-likeness (QED) is 0.768. The van der Waals surface area contributed by atoms with Gasteiger partial charge in [0.1, 0.15) is 10.6 Å². The number of nitrogens with one attached hydrogen (secondary N) is 1. The first-order valence-corrected chi connectivity index (χ1v) is 7.89. The predicted molar refractivity (Wildman–Crippen MR) is 83.2 cm³/mol. The molecule has 1 saturated carbocycles. The van der Waals surface area contributed by atoms with Crippen LogP contribution in [0, 0.1) is 12.8 Å². The van der Waals surface area contributed by atoms with Crippen LogP contribution in [0.5, 0.6) is 0 Å². The molecule has 2 aromatic heterocycles. The zero-order chi connectivity index (χ0) is 13.9. The van der Waals surface area contributed by atoms with E-state index in [2.05, 4.69) is 28.3 Å². The molecule has 0 aliphatic heterocycles. The molecule has 1 aliphatic carbocycles. The number of hydrogen-bond donors (Lipinski definition) is 2. The number of thiophene rings is 1. The fourth-order valence-electron chi connectivity index (χ4n) is 2.11. The van der Waals surface area contributed by atoms with Crippen molar-refractivity contribution in [1.82, 2.24) is 9.97 Å². The molecule has 1 aliphatic rings. The Bertz CT molecular complexity index is 594. The molecule has 0 atom stereocenters. The topological polar surface area (TPSA) is 73.1 Å². The third kappa shape index (κ3) is 3.37. The third-order valence-corrected chi connectivity index (χ3v) is 4.29. The summed E-state index contributed by atoms with van der Waals surface area (Å²) in [5.41, 5.74) is 5.75. The summed E-state index contributed by atoms with van der Waals surface area (Å²) in [5, 5.41) is 4.40. The Morgan fingerprint density at radius 2 is 2.30 bits per heavy atom. The van der Waals surface area contributed by atoms with E-state index < -0.39 is 0 Å². The van der Waals surface area contributed by atoms with Gasteiger partial charge in [0.15, 0.2) is 0 Å².